The molecule has 1 heterocycles. The second-order valence-electron chi connectivity index (χ2n) is 3.95. The van der Waals surface area contributed by atoms with Crippen LogP contribution in [0.4, 0.5) is 8.78 Å². The normalized spacial score (nSPS) is 18.6. The van der Waals surface area contributed by atoms with Crippen molar-refractivity contribution in [3.8, 4) is 0 Å². The Labute approximate surface area is 112 Å². The van der Waals surface area contributed by atoms with E-state index in [1.54, 1.807) is 6.08 Å². The highest BCUT2D eigenvalue weighted by Gasteiger charge is 2.19. The first-order chi connectivity index (χ1) is 8.61. The number of dihydropyridines is 1. The molecule has 0 amide bonds. The van der Waals surface area contributed by atoms with Gasteiger partial charge in [0.15, 0.2) is 0 Å². The number of allylic oxidation sites excluding steroid dienone is 1. The van der Waals surface area contributed by atoms with Crippen LogP contribution >= 0.6 is 15.9 Å². The van der Waals surface area contributed by atoms with Crippen molar-refractivity contribution in [2.24, 2.45) is 10.9 Å². The maximum Gasteiger partial charge on any atom is 0.213 e. The van der Waals surface area contributed by atoms with E-state index < -0.39 is 17.4 Å². The van der Waals surface area contributed by atoms with Gasteiger partial charge in [0.1, 0.15) is 17.3 Å². The van der Waals surface area contributed by atoms with Gasteiger partial charge in [-0.2, -0.15) is 0 Å². The predicted molar refractivity (Wildman–Crippen MR) is 69.4 cm³/mol. The summed E-state index contributed by atoms with van der Waals surface area (Å²) in [6, 6.07) is 2.81. The lowest BCUT2D eigenvalue weighted by atomic mass is 10.0. The molecule has 2 rings (SSSR count). The number of carbonyl (C=O) groups excluding carboxylic acids is 1. The topological polar surface area (TPSA) is 29.4 Å². The molecule has 0 spiro atoms. The summed E-state index contributed by atoms with van der Waals surface area (Å²) in [6.45, 7) is 0.472. The van der Waals surface area contributed by atoms with Gasteiger partial charge in [0.2, 0.25) is 5.78 Å². The third kappa shape index (κ3) is 2.72. The lowest BCUT2D eigenvalue weighted by Crippen LogP contribution is -2.20. The number of alkyl halides is 1. The van der Waals surface area contributed by atoms with E-state index in [1.807, 2.05) is 6.08 Å². The van der Waals surface area contributed by atoms with Crippen molar-refractivity contribution in [2.45, 2.75) is 0 Å². The number of aliphatic imine (C=N–C) groups is 1. The molecule has 0 radical (unpaired) electrons. The molecule has 18 heavy (non-hydrogen) atoms. The standard InChI is InChI=1S/C13H10BrF2NO/c14-6-8-1-4-12(17-7-8)13(18)10-5-9(15)2-3-11(10)16/h1-5,8H,6-7H2. The van der Waals surface area contributed by atoms with Gasteiger partial charge >= 0.3 is 0 Å². The smallest absolute Gasteiger partial charge is 0.213 e. The average molecular weight is 314 g/mol. The van der Waals surface area contributed by atoms with Crippen molar-refractivity contribution in [3.63, 3.8) is 0 Å². The summed E-state index contributed by atoms with van der Waals surface area (Å²) in [4.78, 5) is 16.1. The number of rotatable bonds is 3. The molecule has 0 N–H and O–H groups in total. The Morgan fingerprint density at radius 1 is 1.44 bits per heavy atom. The quantitative estimate of drug-likeness (QED) is 0.622. The van der Waals surface area contributed by atoms with Gasteiger partial charge in [-0.15, -0.1) is 0 Å². The molecule has 2 nitrogen and oxygen atoms in total. The fourth-order valence-corrected chi connectivity index (χ4v) is 2.03. The number of carbonyl (C=O) groups is 1. The lowest BCUT2D eigenvalue weighted by molar-refractivity contribution is 0.106. The first-order valence-corrected chi connectivity index (χ1v) is 6.52. The van der Waals surface area contributed by atoms with E-state index in [2.05, 4.69) is 20.9 Å². The van der Waals surface area contributed by atoms with Crippen molar-refractivity contribution >= 4 is 27.4 Å². The molecule has 0 fully saturated rings. The van der Waals surface area contributed by atoms with E-state index >= 15 is 0 Å². The van der Waals surface area contributed by atoms with Gasteiger partial charge in [0.05, 0.1) is 5.56 Å². The summed E-state index contributed by atoms with van der Waals surface area (Å²) in [6.07, 6.45) is 3.40. The number of benzene rings is 1. The second kappa shape index (κ2) is 5.52. The van der Waals surface area contributed by atoms with Crippen LogP contribution < -0.4 is 0 Å². The third-order valence-electron chi connectivity index (χ3n) is 2.63. The summed E-state index contributed by atoms with van der Waals surface area (Å²) in [7, 11) is 0. The van der Waals surface area contributed by atoms with E-state index in [0.29, 0.717) is 6.54 Å². The summed E-state index contributed by atoms with van der Waals surface area (Å²) in [5.74, 6) is -1.73. The molecule has 0 bridgehead atoms. The average Bonchev–Trinajstić information content (AvgIpc) is 2.41. The van der Waals surface area contributed by atoms with Crippen LogP contribution in [0.2, 0.25) is 0 Å². The van der Waals surface area contributed by atoms with Crippen LogP contribution in [0.25, 0.3) is 0 Å². The Bertz CT molecular complexity index is 540. The van der Waals surface area contributed by atoms with E-state index in [4.69, 9.17) is 0 Å². The molecule has 1 aliphatic rings. The lowest BCUT2D eigenvalue weighted by Gasteiger charge is -2.12. The Balaban J connectivity index is 2.25. The number of halogens is 3. The maximum atomic E-state index is 13.4. The van der Waals surface area contributed by atoms with Gasteiger partial charge in [-0.05, 0) is 24.3 Å². The Kier molecular flexibility index (Phi) is 4.01. The van der Waals surface area contributed by atoms with E-state index in [9.17, 15) is 13.6 Å². The minimum Gasteiger partial charge on any atom is -0.287 e. The van der Waals surface area contributed by atoms with Gasteiger partial charge < -0.3 is 0 Å². The van der Waals surface area contributed by atoms with Crippen molar-refractivity contribution in [1.82, 2.24) is 0 Å². The molecule has 0 saturated heterocycles. The first kappa shape index (κ1) is 13.1. The Morgan fingerprint density at radius 2 is 2.22 bits per heavy atom. The highest BCUT2D eigenvalue weighted by atomic mass is 79.9. The third-order valence-corrected chi connectivity index (χ3v) is 3.46. The second-order valence-corrected chi connectivity index (χ2v) is 4.60. The van der Waals surface area contributed by atoms with Crippen LogP contribution in [-0.4, -0.2) is 23.4 Å². The van der Waals surface area contributed by atoms with Crippen LogP contribution in [0.5, 0.6) is 0 Å². The van der Waals surface area contributed by atoms with Crippen LogP contribution in [0.1, 0.15) is 10.4 Å². The number of ketones is 1. The summed E-state index contributed by atoms with van der Waals surface area (Å²) < 4.78 is 26.5. The van der Waals surface area contributed by atoms with Crippen LogP contribution in [0, 0.1) is 17.6 Å². The van der Waals surface area contributed by atoms with Crippen LogP contribution in [0.15, 0.2) is 35.3 Å². The molecule has 0 saturated carbocycles. The van der Waals surface area contributed by atoms with Gasteiger partial charge in [-0.3, -0.25) is 9.79 Å². The summed E-state index contributed by atoms with van der Waals surface area (Å²) >= 11 is 3.32. The molecule has 0 aromatic heterocycles. The van der Waals surface area contributed by atoms with Gasteiger partial charge in [0.25, 0.3) is 0 Å². The summed E-state index contributed by atoms with van der Waals surface area (Å²) in [5, 5.41) is 0.753. The highest BCUT2D eigenvalue weighted by Crippen LogP contribution is 2.15. The maximum absolute atomic E-state index is 13.4. The van der Waals surface area contributed by atoms with Crippen molar-refractivity contribution in [3.05, 3.63) is 47.5 Å². The molecular formula is C13H10BrF2NO. The largest absolute Gasteiger partial charge is 0.287 e. The molecule has 1 aromatic rings. The fraction of sp³-hybridized carbons (Fsp3) is 0.231. The number of Topliss-reactive ketones (excluding diaryl/α,β-unsaturated/α-hetero) is 1. The zero-order chi connectivity index (χ0) is 13.1. The minimum absolute atomic E-state index is 0.164. The number of hydrogen-bond donors (Lipinski definition) is 0. The van der Waals surface area contributed by atoms with Crippen molar-refractivity contribution in [2.75, 3.05) is 11.9 Å². The monoisotopic (exact) mass is 313 g/mol. The molecule has 1 aromatic carbocycles. The van der Waals surface area contributed by atoms with Gasteiger partial charge in [0, 0.05) is 17.8 Å². The molecule has 5 heteroatoms. The van der Waals surface area contributed by atoms with E-state index in [0.717, 1.165) is 23.5 Å². The number of hydrogen-bond acceptors (Lipinski definition) is 2. The minimum atomic E-state index is -0.736. The SMILES string of the molecule is O=C(C1=NCC(CBr)C=C1)c1cc(F)ccc1F. The molecule has 0 aliphatic carbocycles. The fourth-order valence-electron chi connectivity index (χ4n) is 1.61. The molecule has 1 atom stereocenters. The van der Waals surface area contributed by atoms with Crippen LogP contribution in [0.3, 0.4) is 0 Å². The van der Waals surface area contributed by atoms with Crippen molar-refractivity contribution in [1.29, 1.82) is 0 Å². The Hall–Kier alpha value is -1.36. The predicted octanol–water partition coefficient (Wildman–Crippen LogP) is 3.17. The molecule has 94 valence electrons. The first-order valence-electron chi connectivity index (χ1n) is 5.40. The Morgan fingerprint density at radius 3 is 2.83 bits per heavy atom. The van der Waals surface area contributed by atoms with E-state index in [-0.39, 0.29) is 17.2 Å². The van der Waals surface area contributed by atoms with Gasteiger partial charge in [-0.1, -0.05) is 22.0 Å². The number of nitrogens with zero attached hydrogens (tertiary/aromatic N) is 1. The molecule has 1 unspecified atom stereocenters. The van der Waals surface area contributed by atoms with E-state index in [1.165, 1.54) is 0 Å². The summed E-state index contributed by atoms with van der Waals surface area (Å²) in [5.41, 5.74) is -0.118. The highest BCUT2D eigenvalue weighted by molar-refractivity contribution is 9.09. The molecule has 1 aliphatic heterocycles. The molecular weight excluding hydrogens is 304 g/mol. The zero-order valence-electron chi connectivity index (χ0n) is 9.37. The van der Waals surface area contributed by atoms with Crippen LogP contribution in [-0.2, 0) is 0 Å². The van der Waals surface area contributed by atoms with Crippen molar-refractivity contribution < 1.29 is 13.6 Å². The van der Waals surface area contributed by atoms with Gasteiger partial charge in [-0.25, -0.2) is 8.78 Å². The zero-order valence-corrected chi connectivity index (χ0v) is 11.0.